The molecule has 6 nitrogen and oxygen atoms in total. The Balaban J connectivity index is 1.08. The number of likely N-dealkylation sites (N-methyl/N-ethyl adjacent to an activating group) is 1. The van der Waals surface area contributed by atoms with Gasteiger partial charge < -0.3 is 14.2 Å². The largest absolute Gasteiger partial charge is 0.489 e. The van der Waals surface area contributed by atoms with Gasteiger partial charge in [0.25, 0.3) is 0 Å². The minimum absolute atomic E-state index is 0.559. The van der Waals surface area contributed by atoms with E-state index >= 15 is 0 Å². The summed E-state index contributed by atoms with van der Waals surface area (Å²) in [6, 6.07) is 31.0. The number of benzene rings is 3. The summed E-state index contributed by atoms with van der Waals surface area (Å²) in [6.07, 6.45) is 0. The number of hydrogen-bond donors (Lipinski definition) is 0. The molecule has 1 saturated heterocycles. The van der Waals surface area contributed by atoms with Gasteiger partial charge in [-0.15, -0.1) is 0 Å². The van der Waals surface area contributed by atoms with Gasteiger partial charge in [-0.2, -0.15) is 0 Å². The predicted molar refractivity (Wildman–Crippen MR) is 149 cm³/mol. The second-order valence-corrected chi connectivity index (χ2v) is 9.51. The average molecular weight is 497 g/mol. The Morgan fingerprint density at radius 1 is 0.865 bits per heavy atom. The van der Waals surface area contributed by atoms with Gasteiger partial charge in [-0.1, -0.05) is 60.6 Å². The fourth-order valence-electron chi connectivity index (χ4n) is 4.71. The highest BCUT2D eigenvalue weighted by Crippen LogP contribution is 2.23. The first kappa shape index (κ1) is 25.1. The fraction of sp³-hybridized carbons (Fsp3) is 0.323. The molecular weight excluding hydrogens is 460 g/mol. The van der Waals surface area contributed by atoms with E-state index in [-0.39, 0.29) is 0 Å². The standard InChI is InChI=1S/C31H36N4O2/c1-2-33(17-18-34-19-21-35(22-20-34)28-11-7-4-8-12-28)24-30-23-31(32-37-30)27-13-15-29(16-14-27)36-25-26-9-5-3-6-10-26/h3-16,23H,2,17-22,24-25H2,1H3. The van der Waals surface area contributed by atoms with Crippen molar-refractivity contribution < 1.29 is 9.26 Å². The molecule has 0 atom stereocenters. The van der Waals surface area contributed by atoms with Crippen LogP contribution in [0.1, 0.15) is 18.2 Å². The normalized spacial score (nSPS) is 14.3. The van der Waals surface area contributed by atoms with Crippen LogP contribution in [0.25, 0.3) is 11.3 Å². The Kier molecular flexibility index (Phi) is 8.51. The second kappa shape index (κ2) is 12.6. The molecule has 0 radical (unpaired) electrons. The van der Waals surface area contributed by atoms with E-state index in [0.717, 1.165) is 80.7 Å². The quantitative estimate of drug-likeness (QED) is 0.271. The van der Waals surface area contributed by atoms with Gasteiger partial charge in [0, 0.05) is 56.6 Å². The van der Waals surface area contributed by atoms with Gasteiger partial charge in [0.1, 0.15) is 18.1 Å². The molecule has 1 aliphatic heterocycles. The zero-order valence-electron chi connectivity index (χ0n) is 21.6. The lowest BCUT2D eigenvalue weighted by atomic mass is 10.1. The molecule has 6 heteroatoms. The van der Waals surface area contributed by atoms with Crippen LogP contribution in [0, 0.1) is 0 Å². The third-order valence-electron chi connectivity index (χ3n) is 7.01. The molecule has 0 unspecified atom stereocenters. The maximum atomic E-state index is 5.90. The molecule has 0 spiro atoms. The van der Waals surface area contributed by atoms with Gasteiger partial charge >= 0.3 is 0 Å². The van der Waals surface area contributed by atoms with Crippen molar-refractivity contribution in [2.24, 2.45) is 0 Å². The van der Waals surface area contributed by atoms with E-state index in [9.17, 15) is 0 Å². The Morgan fingerprint density at radius 2 is 1.57 bits per heavy atom. The molecule has 2 heterocycles. The summed E-state index contributed by atoms with van der Waals surface area (Å²) in [4.78, 5) is 7.47. The Hall–Kier alpha value is -3.61. The first-order chi connectivity index (χ1) is 18.3. The van der Waals surface area contributed by atoms with Crippen LogP contribution in [0.4, 0.5) is 5.69 Å². The molecule has 3 aromatic carbocycles. The van der Waals surface area contributed by atoms with E-state index in [1.54, 1.807) is 0 Å². The monoisotopic (exact) mass is 496 g/mol. The van der Waals surface area contributed by atoms with Crippen molar-refractivity contribution in [3.63, 3.8) is 0 Å². The average Bonchev–Trinajstić information content (AvgIpc) is 3.44. The number of anilines is 1. The summed E-state index contributed by atoms with van der Waals surface area (Å²) in [5.41, 5.74) is 4.37. The van der Waals surface area contributed by atoms with E-state index in [2.05, 4.69) is 75.3 Å². The third-order valence-corrected chi connectivity index (χ3v) is 7.01. The molecule has 5 rings (SSSR count). The SMILES string of the molecule is CCN(CCN1CCN(c2ccccc2)CC1)Cc1cc(-c2ccc(OCc3ccccc3)cc2)no1. The van der Waals surface area contributed by atoms with E-state index in [0.29, 0.717) is 6.61 Å². The molecule has 0 bridgehead atoms. The van der Waals surface area contributed by atoms with E-state index in [1.165, 1.54) is 5.69 Å². The number of aromatic nitrogens is 1. The van der Waals surface area contributed by atoms with Gasteiger partial charge in [0.05, 0.1) is 6.54 Å². The molecule has 37 heavy (non-hydrogen) atoms. The van der Waals surface area contributed by atoms with Crippen molar-refractivity contribution in [2.75, 3.05) is 50.7 Å². The molecule has 0 N–H and O–H groups in total. The molecule has 1 aliphatic rings. The lowest BCUT2D eigenvalue weighted by Crippen LogP contribution is -2.48. The summed E-state index contributed by atoms with van der Waals surface area (Å²) >= 11 is 0. The summed E-state index contributed by atoms with van der Waals surface area (Å²) in [7, 11) is 0. The minimum atomic E-state index is 0.559. The van der Waals surface area contributed by atoms with Gasteiger partial charge in [0.15, 0.2) is 5.76 Å². The topological polar surface area (TPSA) is 45.0 Å². The smallest absolute Gasteiger partial charge is 0.151 e. The highest BCUT2D eigenvalue weighted by atomic mass is 16.5. The molecule has 1 fully saturated rings. The van der Waals surface area contributed by atoms with Crippen LogP contribution in [0.15, 0.2) is 95.5 Å². The van der Waals surface area contributed by atoms with Gasteiger partial charge in [0.2, 0.25) is 0 Å². The Labute approximate surface area is 220 Å². The first-order valence-electron chi connectivity index (χ1n) is 13.2. The van der Waals surface area contributed by atoms with Crippen LogP contribution < -0.4 is 9.64 Å². The number of ether oxygens (including phenoxy) is 1. The van der Waals surface area contributed by atoms with Gasteiger partial charge in [-0.25, -0.2) is 0 Å². The fourth-order valence-corrected chi connectivity index (χ4v) is 4.71. The first-order valence-corrected chi connectivity index (χ1v) is 13.2. The summed E-state index contributed by atoms with van der Waals surface area (Å²) < 4.78 is 11.6. The van der Waals surface area contributed by atoms with Crippen LogP contribution in [0.2, 0.25) is 0 Å². The van der Waals surface area contributed by atoms with E-state index < -0.39 is 0 Å². The lowest BCUT2D eigenvalue weighted by Gasteiger charge is -2.36. The van der Waals surface area contributed by atoms with Crippen LogP contribution in [0.5, 0.6) is 5.75 Å². The van der Waals surface area contributed by atoms with Crippen LogP contribution >= 0.6 is 0 Å². The third kappa shape index (κ3) is 7.00. The van der Waals surface area contributed by atoms with Gasteiger partial charge in [-0.3, -0.25) is 9.80 Å². The highest BCUT2D eigenvalue weighted by Gasteiger charge is 2.18. The molecule has 1 aromatic heterocycles. The van der Waals surface area contributed by atoms with Crippen molar-refractivity contribution in [3.8, 4) is 17.0 Å². The number of para-hydroxylation sites is 1. The number of rotatable bonds is 11. The molecular formula is C31H36N4O2. The van der Waals surface area contributed by atoms with Crippen molar-refractivity contribution in [2.45, 2.75) is 20.1 Å². The molecule has 0 amide bonds. The summed E-state index contributed by atoms with van der Waals surface area (Å²) in [5, 5.41) is 4.33. The summed E-state index contributed by atoms with van der Waals surface area (Å²) in [6.45, 7) is 11.0. The zero-order chi connectivity index (χ0) is 25.3. The predicted octanol–water partition coefficient (Wildman–Crippen LogP) is 5.56. The molecule has 0 saturated carbocycles. The van der Waals surface area contributed by atoms with Crippen molar-refractivity contribution >= 4 is 5.69 Å². The van der Waals surface area contributed by atoms with Crippen LogP contribution in [-0.4, -0.2) is 60.8 Å². The zero-order valence-corrected chi connectivity index (χ0v) is 21.6. The second-order valence-electron chi connectivity index (χ2n) is 9.51. The lowest BCUT2D eigenvalue weighted by molar-refractivity contribution is 0.185. The molecule has 192 valence electrons. The maximum Gasteiger partial charge on any atom is 0.151 e. The highest BCUT2D eigenvalue weighted by molar-refractivity contribution is 5.59. The van der Waals surface area contributed by atoms with Crippen LogP contribution in [0.3, 0.4) is 0 Å². The van der Waals surface area contributed by atoms with E-state index in [4.69, 9.17) is 9.26 Å². The maximum absolute atomic E-state index is 5.90. The molecule has 0 aliphatic carbocycles. The molecule has 4 aromatic rings. The van der Waals surface area contributed by atoms with Gasteiger partial charge in [-0.05, 0) is 48.5 Å². The Morgan fingerprint density at radius 3 is 2.27 bits per heavy atom. The summed E-state index contributed by atoms with van der Waals surface area (Å²) in [5.74, 6) is 1.74. The number of piperazine rings is 1. The Bertz CT molecular complexity index is 1200. The number of hydrogen-bond acceptors (Lipinski definition) is 6. The van der Waals surface area contributed by atoms with Crippen molar-refractivity contribution in [1.82, 2.24) is 15.0 Å². The van der Waals surface area contributed by atoms with Crippen molar-refractivity contribution in [1.29, 1.82) is 0 Å². The van der Waals surface area contributed by atoms with Crippen LogP contribution in [-0.2, 0) is 13.2 Å². The van der Waals surface area contributed by atoms with Crippen molar-refractivity contribution in [3.05, 3.63) is 102 Å². The van der Waals surface area contributed by atoms with E-state index in [1.807, 2.05) is 42.5 Å². The minimum Gasteiger partial charge on any atom is -0.489 e. The number of nitrogens with zero attached hydrogens (tertiary/aromatic N) is 4.